The molecule has 224 valence electrons. The number of hydrogen-bond acceptors (Lipinski definition) is 5. The topological polar surface area (TPSA) is 99.5 Å². The van der Waals surface area contributed by atoms with Crippen LogP contribution in [-0.2, 0) is 16.1 Å². The molecular weight excluding hydrogens is 547 g/mol. The number of rotatable bonds is 9. The average Bonchev–Trinajstić information content (AvgIpc) is 3.52. The summed E-state index contributed by atoms with van der Waals surface area (Å²) in [4.78, 5) is 31.7. The Labute approximate surface area is 242 Å². The number of aromatic nitrogens is 2. The Morgan fingerprint density at radius 1 is 1.21 bits per heavy atom. The number of aliphatic hydroxyl groups is 1. The maximum absolute atomic E-state index is 15.0. The molecule has 3 N–H and O–H groups in total. The van der Waals surface area contributed by atoms with Crippen molar-refractivity contribution in [2.45, 2.75) is 58.1 Å². The number of imidazole rings is 1. The molecule has 0 spiro atoms. The third-order valence-corrected chi connectivity index (χ3v) is 8.41. The third kappa shape index (κ3) is 5.94. The van der Waals surface area contributed by atoms with Gasteiger partial charge in [-0.25, -0.2) is 18.2 Å². The normalized spacial score (nSPS) is 23.1. The van der Waals surface area contributed by atoms with Crippen LogP contribution in [0.1, 0.15) is 44.6 Å². The van der Waals surface area contributed by atoms with Gasteiger partial charge in [0.1, 0.15) is 29.7 Å². The summed E-state index contributed by atoms with van der Waals surface area (Å²) in [6.45, 7) is 5.91. The number of nitrogens with zero attached hydrogens (tertiary/aromatic N) is 3. The van der Waals surface area contributed by atoms with E-state index in [1.54, 1.807) is 10.8 Å². The van der Waals surface area contributed by atoms with Crippen molar-refractivity contribution in [3.05, 3.63) is 77.8 Å². The van der Waals surface area contributed by atoms with Gasteiger partial charge in [0, 0.05) is 56.8 Å². The number of amides is 2. The maximum atomic E-state index is 15.0. The van der Waals surface area contributed by atoms with Crippen molar-refractivity contribution in [2.75, 3.05) is 19.6 Å². The van der Waals surface area contributed by atoms with E-state index >= 15 is 4.39 Å². The van der Waals surface area contributed by atoms with Gasteiger partial charge in [-0.1, -0.05) is 44.2 Å². The minimum atomic E-state index is -1.46. The van der Waals surface area contributed by atoms with Crippen LogP contribution in [0.25, 0.3) is 11.3 Å². The van der Waals surface area contributed by atoms with Crippen LogP contribution in [0.2, 0.25) is 0 Å². The van der Waals surface area contributed by atoms with E-state index in [2.05, 4.69) is 10.6 Å². The van der Waals surface area contributed by atoms with Crippen LogP contribution < -0.4 is 10.6 Å². The summed E-state index contributed by atoms with van der Waals surface area (Å²) < 4.78 is 46.0. The molecule has 2 aliphatic heterocycles. The number of aliphatic hydroxyl groups excluding tert-OH is 1. The van der Waals surface area contributed by atoms with E-state index in [0.717, 1.165) is 23.8 Å². The lowest BCUT2D eigenvalue weighted by Gasteiger charge is -2.47. The van der Waals surface area contributed by atoms with E-state index in [4.69, 9.17) is 4.98 Å². The van der Waals surface area contributed by atoms with Crippen LogP contribution in [0.5, 0.6) is 0 Å². The minimum Gasteiger partial charge on any atom is -0.382 e. The highest BCUT2D eigenvalue weighted by molar-refractivity contribution is 5.83. The number of alkyl halides is 1. The summed E-state index contributed by atoms with van der Waals surface area (Å²) in [5, 5.41) is 16.7. The standard InChI is InChI=1S/C31H36F3N5O3/c1-18(40)35-12-11-31(2,3)28(39-16-22-24(34)14-36-26(22)27(41)30(39)42)29-37-25(21-13-20(32)9-10-23(21)33)17-38(29)15-19-7-5-4-6-8-19/h4-10,13,17,22,24,26-28,36,41H,11-12,14-16H2,1-3H3,(H,35,40). The molecule has 8 nitrogen and oxygen atoms in total. The maximum Gasteiger partial charge on any atom is 0.253 e. The molecule has 5 atom stereocenters. The average molecular weight is 584 g/mol. The Bertz CT molecular complexity index is 1450. The number of piperidine rings is 1. The molecule has 42 heavy (non-hydrogen) atoms. The first-order valence-electron chi connectivity index (χ1n) is 14.1. The molecule has 2 aliphatic rings. The number of carbonyl (C=O) groups is 2. The van der Waals surface area contributed by atoms with Crippen molar-refractivity contribution < 1.29 is 27.9 Å². The summed E-state index contributed by atoms with van der Waals surface area (Å²) >= 11 is 0. The van der Waals surface area contributed by atoms with Crippen LogP contribution in [-0.4, -0.2) is 69.3 Å². The highest BCUT2D eigenvalue weighted by atomic mass is 19.1. The molecule has 5 unspecified atom stereocenters. The second-order valence-electron chi connectivity index (χ2n) is 11.9. The molecule has 11 heteroatoms. The predicted octanol–water partition coefficient (Wildman–Crippen LogP) is 3.60. The highest BCUT2D eigenvalue weighted by Crippen LogP contribution is 2.44. The van der Waals surface area contributed by atoms with E-state index in [0.29, 0.717) is 25.3 Å². The summed E-state index contributed by atoms with van der Waals surface area (Å²) in [5.74, 6) is -2.31. The van der Waals surface area contributed by atoms with Crippen molar-refractivity contribution in [1.82, 2.24) is 25.1 Å². The molecule has 3 heterocycles. The minimum absolute atomic E-state index is 0.0326. The van der Waals surface area contributed by atoms with Gasteiger partial charge < -0.3 is 25.2 Å². The Kier molecular flexibility index (Phi) is 8.43. The first-order valence-corrected chi connectivity index (χ1v) is 14.1. The van der Waals surface area contributed by atoms with E-state index in [1.165, 1.54) is 11.8 Å². The van der Waals surface area contributed by atoms with Gasteiger partial charge in [0.05, 0.1) is 11.7 Å². The largest absolute Gasteiger partial charge is 0.382 e. The molecule has 0 aliphatic carbocycles. The number of likely N-dealkylation sites (tertiary alicyclic amines) is 1. The second kappa shape index (κ2) is 11.9. The molecule has 0 saturated carbocycles. The number of hydrogen-bond donors (Lipinski definition) is 3. The zero-order valence-corrected chi connectivity index (χ0v) is 23.9. The van der Waals surface area contributed by atoms with Crippen molar-refractivity contribution in [1.29, 1.82) is 0 Å². The van der Waals surface area contributed by atoms with Crippen molar-refractivity contribution in [3.63, 3.8) is 0 Å². The Morgan fingerprint density at radius 3 is 2.67 bits per heavy atom. The highest BCUT2D eigenvalue weighted by Gasteiger charge is 2.53. The molecular formula is C31H36F3N5O3. The molecule has 5 rings (SSSR count). The van der Waals surface area contributed by atoms with Gasteiger partial charge in [-0.15, -0.1) is 0 Å². The number of fused-ring (bicyclic) bond motifs is 1. The molecule has 2 aromatic carbocycles. The first-order chi connectivity index (χ1) is 20.0. The molecule has 0 radical (unpaired) electrons. The summed E-state index contributed by atoms with van der Waals surface area (Å²) in [6, 6.07) is 11.1. The van der Waals surface area contributed by atoms with Crippen LogP contribution in [0.15, 0.2) is 54.7 Å². The van der Waals surface area contributed by atoms with Crippen LogP contribution in [0, 0.1) is 23.0 Å². The predicted molar refractivity (Wildman–Crippen MR) is 151 cm³/mol. The molecule has 2 saturated heterocycles. The van der Waals surface area contributed by atoms with Crippen LogP contribution in [0.3, 0.4) is 0 Å². The van der Waals surface area contributed by atoms with Crippen LogP contribution >= 0.6 is 0 Å². The zero-order chi connectivity index (χ0) is 30.2. The second-order valence-corrected chi connectivity index (χ2v) is 11.9. The number of nitrogens with one attached hydrogen (secondary N) is 2. The van der Waals surface area contributed by atoms with Crippen molar-refractivity contribution in [3.8, 4) is 11.3 Å². The van der Waals surface area contributed by atoms with Gasteiger partial charge >= 0.3 is 0 Å². The van der Waals surface area contributed by atoms with Gasteiger partial charge in [0.25, 0.3) is 5.91 Å². The summed E-state index contributed by atoms with van der Waals surface area (Å²) in [5.41, 5.74) is 0.285. The first kappa shape index (κ1) is 29.8. The van der Waals surface area contributed by atoms with Crippen molar-refractivity contribution in [2.24, 2.45) is 11.3 Å². The fourth-order valence-electron chi connectivity index (χ4n) is 6.21. The van der Waals surface area contributed by atoms with Crippen LogP contribution in [0.4, 0.5) is 13.2 Å². The van der Waals surface area contributed by atoms with Gasteiger partial charge in [0.2, 0.25) is 5.91 Å². The quantitative estimate of drug-likeness (QED) is 0.358. The third-order valence-electron chi connectivity index (χ3n) is 8.41. The molecule has 1 aromatic heterocycles. The summed E-state index contributed by atoms with van der Waals surface area (Å²) in [6.07, 6.45) is -0.690. The summed E-state index contributed by atoms with van der Waals surface area (Å²) in [7, 11) is 0. The SMILES string of the molecule is CC(=O)NCCC(C)(C)C(c1nc(-c2cc(F)ccc2F)cn1Cc1ccccc1)N1CC2C(F)CNC2C(O)C1=O. The molecule has 3 aromatic rings. The van der Waals surface area contributed by atoms with Gasteiger partial charge in [-0.2, -0.15) is 0 Å². The Morgan fingerprint density at radius 2 is 1.95 bits per heavy atom. The monoisotopic (exact) mass is 583 g/mol. The van der Waals surface area contributed by atoms with E-state index < -0.39 is 53.2 Å². The van der Waals surface area contributed by atoms with E-state index in [-0.39, 0.29) is 30.3 Å². The lowest BCUT2D eigenvalue weighted by molar-refractivity contribution is -0.156. The Hall–Kier alpha value is -3.70. The van der Waals surface area contributed by atoms with Gasteiger partial charge in [-0.05, 0) is 35.6 Å². The fourth-order valence-corrected chi connectivity index (χ4v) is 6.21. The molecule has 2 amide bonds. The number of benzene rings is 2. The fraction of sp³-hybridized carbons (Fsp3) is 0.452. The molecule has 0 bridgehead atoms. The smallest absolute Gasteiger partial charge is 0.253 e. The van der Waals surface area contributed by atoms with E-state index in [1.807, 2.05) is 44.2 Å². The number of carbonyl (C=O) groups excluding carboxylic acids is 2. The number of halogens is 3. The Balaban J connectivity index is 1.65. The lowest BCUT2D eigenvalue weighted by atomic mass is 9.77. The lowest BCUT2D eigenvalue weighted by Crippen LogP contribution is -2.61. The van der Waals surface area contributed by atoms with Crippen molar-refractivity contribution >= 4 is 11.8 Å². The van der Waals surface area contributed by atoms with E-state index in [9.17, 15) is 23.5 Å². The molecule has 2 fully saturated rings. The van der Waals surface area contributed by atoms with Gasteiger partial charge in [-0.3, -0.25) is 9.59 Å². The zero-order valence-electron chi connectivity index (χ0n) is 23.9. The van der Waals surface area contributed by atoms with Gasteiger partial charge in [0.15, 0.2) is 0 Å².